The predicted octanol–water partition coefficient (Wildman–Crippen LogP) is 9.35. The van der Waals surface area contributed by atoms with Gasteiger partial charge in [0.25, 0.3) is 0 Å². The zero-order chi connectivity index (χ0) is 28.6. The normalized spacial score (nSPS) is 17.1. The fraction of sp³-hybridized carbons (Fsp3) is 0.382. The first-order valence-corrected chi connectivity index (χ1v) is 13.6. The van der Waals surface area contributed by atoms with E-state index in [1.54, 1.807) is 24.3 Å². The van der Waals surface area contributed by atoms with Gasteiger partial charge in [-0.05, 0) is 88.1 Å². The Kier molecular flexibility index (Phi) is 7.84. The second-order valence-corrected chi connectivity index (χ2v) is 12.0. The van der Waals surface area contributed by atoms with Gasteiger partial charge < -0.3 is 5.11 Å². The third kappa shape index (κ3) is 6.29. The van der Waals surface area contributed by atoms with Gasteiger partial charge in [-0.1, -0.05) is 89.2 Å². The maximum absolute atomic E-state index is 13.1. The number of aromatic carboxylic acids is 1. The lowest BCUT2D eigenvalue weighted by atomic mass is 9.62. The number of carboxylic acids is 1. The van der Waals surface area contributed by atoms with Crippen LogP contribution in [-0.4, -0.2) is 11.1 Å². The van der Waals surface area contributed by atoms with Gasteiger partial charge in [0, 0.05) is 5.92 Å². The van der Waals surface area contributed by atoms with Crippen LogP contribution in [0.4, 0.5) is 13.2 Å². The van der Waals surface area contributed by atoms with Crippen molar-refractivity contribution in [2.45, 2.75) is 83.2 Å². The van der Waals surface area contributed by atoms with Crippen molar-refractivity contribution in [3.05, 3.63) is 111 Å². The van der Waals surface area contributed by atoms with Crippen LogP contribution in [0.5, 0.6) is 0 Å². The van der Waals surface area contributed by atoms with E-state index in [0.29, 0.717) is 18.4 Å². The molecule has 206 valence electrons. The molecule has 1 aliphatic rings. The van der Waals surface area contributed by atoms with Gasteiger partial charge in [0.05, 0.1) is 11.1 Å². The molecule has 4 rings (SSSR count). The summed E-state index contributed by atoms with van der Waals surface area (Å²) in [4.78, 5) is 11.6. The Bertz CT molecular complexity index is 1380. The van der Waals surface area contributed by atoms with Crippen molar-refractivity contribution in [2.75, 3.05) is 0 Å². The van der Waals surface area contributed by atoms with Gasteiger partial charge >= 0.3 is 12.1 Å². The summed E-state index contributed by atoms with van der Waals surface area (Å²) in [6.07, 6.45) is 3.08. The molecule has 0 amide bonds. The number of hydrogen-bond donors (Lipinski definition) is 1. The number of halogens is 3. The molecule has 2 nitrogen and oxygen atoms in total. The van der Waals surface area contributed by atoms with E-state index < -0.39 is 17.7 Å². The van der Waals surface area contributed by atoms with Crippen LogP contribution < -0.4 is 0 Å². The molecule has 0 spiro atoms. The molecule has 0 aliphatic heterocycles. The Morgan fingerprint density at radius 2 is 1.56 bits per heavy atom. The predicted molar refractivity (Wildman–Crippen MR) is 151 cm³/mol. The molecule has 3 aromatic rings. The quantitative estimate of drug-likeness (QED) is 0.328. The van der Waals surface area contributed by atoms with Crippen molar-refractivity contribution in [1.82, 2.24) is 0 Å². The van der Waals surface area contributed by atoms with Crippen LogP contribution in [0, 0.1) is 0 Å². The minimum Gasteiger partial charge on any atom is -0.478 e. The van der Waals surface area contributed by atoms with Crippen LogP contribution in [0.15, 0.2) is 66.7 Å². The number of rotatable bonds is 7. The Balaban J connectivity index is 1.75. The van der Waals surface area contributed by atoms with E-state index in [1.807, 2.05) is 19.1 Å². The van der Waals surface area contributed by atoms with E-state index >= 15 is 0 Å². The number of carboxylic acid groups (broad SMARTS) is 1. The maximum atomic E-state index is 13.1. The van der Waals surface area contributed by atoms with Crippen molar-refractivity contribution >= 4 is 12.0 Å². The molecule has 5 heteroatoms. The largest absolute Gasteiger partial charge is 0.478 e. The smallest absolute Gasteiger partial charge is 0.416 e. The Morgan fingerprint density at radius 1 is 0.923 bits per heavy atom. The monoisotopic (exact) mass is 534 g/mol. The summed E-state index contributed by atoms with van der Waals surface area (Å²) in [6, 6.07) is 17.4. The number of fused-ring (bicyclic) bond motifs is 1. The van der Waals surface area contributed by atoms with E-state index in [2.05, 4.69) is 52.0 Å². The van der Waals surface area contributed by atoms with Crippen molar-refractivity contribution in [1.29, 1.82) is 0 Å². The number of carbonyl (C=O) groups is 1. The highest BCUT2D eigenvalue weighted by Crippen LogP contribution is 2.46. The maximum Gasteiger partial charge on any atom is 0.416 e. The SMILES string of the molecule is CCc1cc(/C=C/C(Cc2ccc(C(F)(F)F)cc2)c2ccc3c(c2)C(C)(C)CCC3(C)C)ccc1C(=O)O. The molecule has 1 aliphatic carbocycles. The van der Waals surface area contributed by atoms with Gasteiger partial charge in [0.1, 0.15) is 0 Å². The summed E-state index contributed by atoms with van der Waals surface area (Å²) < 4.78 is 39.4. The van der Waals surface area contributed by atoms with Gasteiger partial charge in [-0.25, -0.2) is 4.79 Å². The average Bonchev–Trinajstić information content (AvgIpc) is 2.88. The Hall–Kier alpha value is -3.34. The highest BCUT2D eigenvalue weighted by Gasteiger charge is 2.37. The minimum absolute atomic E-state index is 0.0339. The lowest BCUT2D eigenvalue weighted by Gasteiger charge is -2.42. The van der Waals surface area contributed by atoms with Gasteiger partial charge in [0.2, 0.25) is 0 Å². The number of alkyl halides is 3. The standard InChI is InChI=1S/C34H37F3O2/c1-6-24-19-22(10-15-28(24)31(38)39)7-11-25(20-23-8-13-27(14-9-23)34(35,36)37)26-12-16-29-30(21-26)33(4,5)18-17-32(29,2)3/h7-16,19,21,25H,6,17-18,20H2,1-5H3,(H,38,39)/b11-7+. The molecule has 0 bridgehead atoms. The van der Waals surface area contributed by atoms with E-state index in [0.717, 1.165) is 47.2 Å². The summed E-state index contributed by atoms with van der Waals surface area (Å²) >= 11 is 0. The summed E-state index contributed by atoms with van der Waals surface area (Å²) in [7, 11) is 0. The first kappa shape index (κ1) is 28.7. The highest BCUT2D eigenvalue weighted by molar-refractivity contribution is 5.89. The van der Waals surface area contributed by atoms with Gasteiger partial charge in [0.15, 0.2) is 0 Å². The molecule has 1 atom stereocenters. The molecule has 0 radical (unpaired) electrons. The Morgan fingerprint density at radius 3 is 2.15 bits per heavy atom. The molecule has 0 aromatic heterocycles. The molecule has 0 heterocycles. The highest BCUT2D eigenvalue weighted by atomic mass is 19.4. The van der Waals surface area contributed by atoms with E-state index in [9.17, 15) is 23.1 Å². The molecule has 39 heavy (non-hydrogen) atoms. The number of hydrogen-bond acceptors (Lipinski definition) is 1. The van der Waals surface area contributed by atoms with Crippen molar-refractivity contribution < 1.29 is 23.1 Å². The molecule has 1 unspecified atom stereocenters. The Labute approximate surface area is 229 Å². The third-order valence-corrected chi connectivity index (χ3v) is 8.30. The van der Waals surface area contributed by atoms with Crippen LogP contribution >= 0.6 is 0 Å². The molecule has 1 N–H and O–H groups in total. The summed E-state index contributed by atoms with van der Waals surface area (Å²) in [5.41, 5.74) is 6.07. The van der Waals surface area contributed by atoms with Crippen LogP contribution in [0.2, 0.25) is 0 Å². The minimum atomic E-state index is -4.37. The van der Waals surface area contributed by atoms with Crippen molar-refractivity contribution in [3.8, 4) is 0 Å². The van der Waals surface area contributed by atoms with Gasteiger partial charge in [-0.3, -0.25) is 0 Å². The van der Waals surface area contributed by atoms with Crippen LogP contribution in [0.3, 0.4) is 0 Å². The molecule has 0 saturated carbocycles. The summed E-state index contributed by atoms with van der Waals surface area (Å²) in [6.45, 7) is 11.1. The molecule has 3 aromatic carbocycles. The van der Waals surface area contributed by atoms with Gasteiger partial charge in [-0.15, -0.1) is 0 Å². The van der Waals surface area contributed by atoms with Crippen molar-refractivity contribution in [3.63, 3.8) is 0 Å². The average molecular weight is 535 g/mol. The zero-order valence-corrected chi connectivity index (χ0v) is 23.3. The number of allylic oxidation sites excluding steroid dienone is 1. The first-order valence-electron chi connectivity index (χ1n) is 13.6. The molecular formula is C34H37F3O2. The zero-order valence-electron chi connectivity index (χ0n) is 23.3. The lowest BCUT2D eigenvalue weighted by Crippen LogP contribution is -2.34. The first-order chi connectivity index (χ1) is 18.2. The second kappa shape index (κ2) is 10.7. The summed E-state index contributed by atoms with van der Waals surface area (Å²) in [5.74, 6) is -1.01. The van der Waals surface area contributed by atoms with Crippen molar-refractivity contribution in [2.24, 2.45) is 0 Å². The molecular weight excluding hydrogens is 497 g/mol. The number of aryl methyl sites for hydroxylation is 1. The number of benzene rings is 3. The lowest BCUT2D eigenvalue weighted by molar-refractivity contribution is -0.137. The second-order valence-electron chi connectivity index (χ2n) is 12.0. The third-order valence-electron chi connectivity index (χ3n) is 8.30. The molecule has 0 fully saturated rings. The fourth-order valence-corrected chi connectivity index (χ4v) is 5.66. The van der Waals surface area contributed by atoms with Crippen LogP contribution in [-0.2, 0) is 29.8 Å². The van der Waals surface area contributed by atoms with Crippen LogP contribution in [0.1, 0.15) is 103 Å². The van der Waals surface area contributed by atoms with E-state index in [4.69, 9.17) is 0 Å². The van der Waals surface area contributed by atoms with E-state index in [-0.39, 0.29) is 16.7 Å². The molecule has 0 saturated heterocycles. The van der Waals surface area contributed by atoms with Crippen LogP contribution in [0.25, 0.3) is 6.08 Å². The van der Waals surface area contributed by atoms with Gasteiger partial charge in [-0.2, -0.15) is 13.2 Å². The fourth-order valence-electron chi connectivity index (χ4n) is 5.66. The van der Waals surface area contributed by atoms with E-state index in [1.165, 1.54) is 11.1 Å². The topological polar surface area (TPSA) is 37.3 Å². The summed E-state index contributed by atoms with van der Waals surface area (Å²) in [5, 5.41) is 9.48.